The maximum absolute atomic E-state index is 12.8. The number of aromatic nitrogens is 1. The first-order valence-electron chi connectivity index (χ1n) is 8.99. The minimum atomic E-state index is -0.360. The Balaban J connectivity index is 1.75. The third-order valence-electron chi connectivity index (χ3n) is 5.27. The van der Waals surface area contributed by atoms with Crippen molar-refractivity contribution in [3.8, 4) is 6.07 Å². The molecule has 1 aliphatic rings. The fraction of sp³-hybridized carbons (Fsp3) is 0.381. The Hall–Kier alpha value is -2.87. The zero-order valence-electron chi connectivity index (χ0n) is 15.2. The van der Waals surface area contributed by atoms with Crippen LogP contribution in [-0.2, 0) is 11.2 Å². The highest BCUT2D eigenvalue weighted by Gasteiger charge is 2.29. The van der Waals surface area contributed by atoms with Crippen molar-refractivity contribution in [3.63, 3.8) is 0 Å². The van der Waals surface area contributed by atoms with Crippen LogP contribution >= 0.6 is 0 Å². The quantitative estimate of drug-likeness (QED) is 0.921. The van der Waals surface area contributed by atoms with Gasteiger partial charge in [0.05, 0.1) is 6.04 Å². The number of nitrogens with zero attached hydrogens (tertiary/aromatic N) is 2. The van der Waals surface area contributed by atoms with Crippen molar-refractivity contribution in [2.45, 2.75) is 45.6 Å². The molecule has 1 fully saturated rings. The molecule has 5 nitrogen and oxygen atoms in total. The number of hydrogen-bond acceptors (Lipinski definition) is 3. The van der Waals surface area contributed by atoms with Gasteiger partial charge in [0.2, 0.25) is 5.91 Å². The maximum atomic E-state index is 12.8. The van der Waals surface area contributed by atoms with E-state index in [2.05, 4.69) is 17.1 Å². The van der Waals surface area contributed by atoms with E-state index in [0.29, 0.717) is 18.4 Å². The summed E-state index contributed by atoms with van der Waals surface area (Å²) in [4.78, 5) is 29.4. The number of pyridine rings is 1. The number of amides is 1. The molecule has 5 heteroatoms. The number of carbonyl (C=O) groups is 1. The molecule has 0 radical (unpaired) electrons. The van der Waals surface area contributed by atoms with E-state index in [-0.39, 0.29) is 23.1 Å². The minimum absolute atomic E-state index is 0.125. The second-order valence-electron chi connectivity index (χ2n) is 6.83. The number of benzene rings is 1. The first-order chi connectivity index (χ1) is 12.5. The van der Waals surface area contributed by atoms with Crippen LogP contribution in [0.5, 0.6) is 0 Å². The van der Waals surface area contributed by atoms with Crippen LogP contribution in [0.1, 0.15) is 53.3 Å². The summed E-state index contributed by atoms with van der Waals surface area (Å²) >= 11 is 0. The Labute approximate surface area is 153 Å². The average Bonchev–Trinajstić information content (AvgIpc) is 3.12. The standard InChI is InChI=1S/C21H23N3O2/c1-14-17(15(2)23-21(26)18(14)13-22)10-11-20(25)24-12-6-9-19(24)16-7-4-3-5-8-16/h3-5,7-8,19H,6,9-12H2,1-2H3,(H,23,26). The van der Waals surface area contributed by atoms with Gasteiger partial charge < -0.3 is 9.88 Å². The summed E-state index contributed by atoms with van der Waals surface area (Å²) in [7, 11) is 0. The lowest BCUT2D eigenvalue weighted by Crippen LogP contribution is -2.31. The molecule has 0 bridgehead atoms. The fourth-order valence-corrected chi connectivity index (χ4v) is 3.88. The Morgan fingerprint density at radius 3 is 2.73 bits per heavy atom. The molecule has 1 unspecified atom stereocenters. The zero-order valence-corrected chi connectivity index (χ0v) is 15.2. The molecular weight excluding hydrogens is 326 g/mol. The van der Waals surface area contributed by atoms with Crippen molar-refractivity contribution in [1.82, 2.24) is 9.88 Å². The molecule has 1 N–H and O–H groups in total. The predicted octanol–water partition coefficient (Wildman–Crippen LogP) is 3.16. The second kappa shape index (κ2) is 7.57. The highest BCUT2D eigenvalue weighted by atomic mass is 16.2. The molecule has 1 amide bonds. The topological polar surface area (TPSA) is 77.0 Å². The molecular formula is C21H23N3O2. The summed E-state index contributed by atoms with van der Waals surface area (Å²) in [6.45, 7) is 4.38. The van der Waals surface area contributed by atoms with Crippen molar-refractivity contribution < 1.29 is 4.79 Å². The Morgan fingerprint density at radius 2 is 2.04 bits per heavy atom. The fourth-order valence-electron chi connectivity index (χ4n) is 3.88. The van der Waals surface area contributed by atoms with Gasteiger partial charge in [-0.05, 0) is 49.8 Å². The molecule has 0 saturated carbocycles. The summed E-state index contributed by atoms with van der Waals surface area (Å²) in [5, 5.41) is 9.18. The summed E-state index contributed by atoms with van der Waals surface area (Å²) < 4.78 is 0. The Kier molecular flexibility index (Phi) is 5.22. The highest BCUT2D eigenvalue weighted by molar-refractivity contribution is 5.77. The van der Waals surface area contributed by atoms with Gasteiger partial charge in [0, 0.05) is 18.7 Å². The summed E-state index contributed by atoms with van der Waals surface area (Å²) in [6, 6.07) is 12.3. The largest absolute Gasteiger partial charge is 0.336 e. The predicted molar refractivity (Wildman–Crippen MR) is 99.7 cm³/mol. The molecule has 1 aliphatic heterocycles. The maximum Gasteiger partial charge on any atom is 0.266 e. The summed E-state index contributed by atoms with van der Waals surface area (Å²) in [5.41, 5.74) is 3.28. The number of nitriles is 1. The van der Waals surface area contributed by atoms with E-state index < -0.39 is 0 Å². The van der Waals surface area contributed by atoms with Crippen LogP contribution in [0, 0.1) is 25.2 Å². The average molecular weight is 349 g/mol. The molecule has 1 aromatic heterocycles. The van der Waals surface area contributed by atoms with Crippen LogP contribution < -0.4 is 5.56 Å². The van der Waals surface area contributed by atoms with Gasteiger partial charge in [0.25, 0.3) is 5.56 Å². The van der Waals surface area contributed by atoms with Gasteiger partial charge in [-0.3, -0.25) is 9.59 Å². The Bertz CT molecular complexity index is 909. The van der Waals surface area contributed by atoms with E-state index in [1.807, 2.05) is 36.1 Å². The molecule has 2 aromatic rings. The van der Waals surface area contributed by atoms with E-state index in [4.69, 9.17) is 0 Å². The van der Waals surface area contributed by atoms with Crippen LogP contribution in [0.3, 0.4) is 0 Å². The van der Waals surface area contributed by atoms with Crippen molar-refractivity contribution >= 4 is 5.91 Å². The molecule has 1 atom stereocenters. The number of aryl methyl sites for hydroxylation is 1. The monoisotopic (exact) mass is 349 g/mol. The van der Waals surface area contributed by atoms with Gasteiger partial charge in [-0.25, -0.2) is 0 Å². The van der Waals surface area contributed by atoms with Gasteiger partial charge in [0.15, 0.2) is 0 Å². The van der Waals surface area contributed by atoms with E-state index in [0.717, 1.165) is 30.6 Å². The smallest absolute Gasteiger partial charge is 0.266 e. The van der Waals surface area contributed by atoms with Gasteiger partial charge in [0.1, 0.15) is 11.6 Å². The third-order valence-corrected chi connectivity index (χ3v) is 5.27. The van der Waals surface area contributed by atoms with Crippen LogP contribution in [-0.4, -0.2) is 22.3 Å². The van der Waals surface area contributed by atoms with Gasteiger partial charge in [-0.15, -0.1) is 0 Å². The molecule has 26 heavy (non-hydrogen) atoms. The number of carbonyl (C=O) groups excluding carboxylic acids is 1. The third kappa shape index (κ3) is 3.41. The molecule has 0 spiro atoms. The zero-order chi connectivity index (χ0) is 18.7. The number of nitrogens with one attached hydrogen (secondary N) is 1. The molecule has 3 rings (SSSR count). The van der Waals surface area contributed by atoms with Crippen LogP contribution in [0.15, 0.2) is 35.1 Å². The second-order valence-corrected chi connectivity index (χ2v) is 6.83. The molecule has 0 aliphatic carbocycles. The van der Waals surface area contributed by atoms with Crippen LogP contribution in [0.2, 0.25) is 0 Å². The van der Waals surface area contributed by atoms with Gasteiger partial charge in [-0.1, -0.05) is 30.3 Å². The van der Waals surface area contributed by atoms with E-state index in [1.54, 1.807) is 6.92 Å². The first kappa shape index (κ1) is 17.9. The van der Waals surface area contributed by atoms with E-state index >= 15 is 0 Å². The first-order valence-corrected chi connectivity index (χ1v) is 8.99. The minimum Gasteiger partial charge on any atom is -0.336 e. The van der Waals surface area contributed by atoms with Crippen LogP contribution in [0.4, 0.5) is 0 Å². The lowest BCUT2D eigenvalue weighted by atomic mass is 9.98. The molecule has 134 valence electrons. The SMILES string of the molecule is Cc1[nH]c(=O)c(C#N)c(C)c1CCC(=O)N1CCCC1c1ccccc1. The molecule has 1 aromatic carbocycles. The van der Waals surface area contributed by atoms with Gasteiger partial charge >= 0.3 is 0 Å². The van der Waals surface area contributed by atoms with Gasteiger partial charge in [-0.2, -0.15) is 5.26 Å². The lowest BCUT2D eigenvalue weighted by molar-refractivity contribution is -0.132. The Morgan fingerprint density at radius 1 is 1.31 bits per heavy atom. The van der Waals surface area contributed by atoms with E-state index in [9.17, 15) is 14.9 Å². The van der Waals surface area contributed by atoms with Crippen molar-refractivity contribution in [1.29, 1.82) is 5.26 Å². The highest BCUT2D eigenvalue weighted by Crippen LogP contribution is 2.32. The van der Waals surface area contributed by atoms with Crippen molar-refractivity contribution in [3.05, 3.63) is 68.6 Å². The molecule has 1 saturated heterocycles. The number of aromatic amines is 1. The lowest BCUT2D eigenvalue weighted by Gasteiger charge is -2.25. The molecule has 2 heterocycles. The van der Waals surface area contributed by atoms with Crippen LogP contribution in [0.25, 0.3) is 0 Å². The number of rotatable bonds is 4. The van der Waals surface area contributed by atoms with Crippen molar-refractivity contribution in [2.75, 3.05) is 6.54 Å². The number of H-pyrrole nitrogens is 1. The number of likely N-dealkylation sites (tertiary alicyclic amines) is 1. The van der Waals surface area contributed by atoms with E-state index in [1.165, 1.54) is 5.56 Å². The number of hydrogen-bond donors (Lipinski definition) is 1. The normalized spacial score (nSPS) is 16.5. The summed E-state index contributed by atoms with van der Waals surface area (Å²) in [6.07, 6.45) is 2.91. The summed E-state index contributed by atoms with van der Waals surface area (Å²) in [5.74, 6) is 0.125. The van der Waals surface area contributed by atoms with Crippen molar-refractivity contribution in [2.24, 2.45) is 0 Å².